The van der Waals surface area contributed by atoms with E-state index in [0.29, 0.717) is 17.3 Å². The first-order chi connectivity index (χ1) is 10.4. The summed E-state index contributed by atoms with van der Waals surface area (Å²) in [6, 6.07) is 0. The van der Waals surface area contributed by atoms with Crippen LogP contribution in [0.3, 0.4) is 0 Å². The summed E-state index contributed by atoms with van der Waals surface area (Å²) in [5.74, 6) is 2.83. The second-order valence-electron chi connectivity index (χ2n) is 9.79. The number of allylic oxidation sites excluding steroid dienone is 1. The van der Waals surface area contributed by atoms with Crippen molar-refractivity contribution >= 4 is 0 Å². The van der Waals surface area contributed by atoms with Crippen LogP contribution in [0.4, 0.5) is 0 Å². The molecule has 7 atom stereocenters. The van der Waals surface area contributed by atoms with Crippen molar-refractivity contribution < 1.29 is 9.84 Å². The van der Waals surface area contributed by atoms with Gasteiger partial charge in [0.25, 0.3) is 0 Å². The minimum atomic E-state index is -0.861. The molecule has 2 heteroatoms. The van der Waals surface area contributed by atoms with Crippen molar-refractivity contribution in [3.05, 3.63) is 12.2 Å². The van der Waals surface area contributed by atoms with Crippen molar-refractivity contribution in [3.8, 4) is 0 Å². The fraction of sp³-hybridized carbons (Fsp3) is 0.900. The SMILES string of the molecule is C=C1C[C@]23CC[C@@H]4[C@@H]([C@@H]5CO[C@@](O)(C5)C4(C)C)[C@H]2CC[C@@H]1C3. The van der Waals surface area contributed by atoms with Crippen LogP contribution in [0.2, 0.25) is 0 Å². The predicted molar refractivity (Wildman–Crippen MR) is 86.0 cm³/mol. The lowest BCUT2D eigenvalue weighted by atomic mass is 9.44. The number of hydrogen-bond acceptors (Lipinski definition) is 2. The van der Waals surface area contributed by atoms with Crippen molar-refractivity contribution in [2.24, 2.45) is 40.4 Å². The summed E-state index contributed by atoms with van der Waals surface area (Å²) in [6.07, 6.45) is 9.00. The molecule has 5 rings (SSSR count). The molecule has 5 fully saturated rings. The highest BCUT2D eigenvalue weighted by molar-refractivity contribution is 5.22. The Hall–Kier alpha value is -0.340. The Morgan fingerprint density at radius 1 is 1.14 bits per heavy atom. The van der Waals surface area contributed by atoms with E-state index in [0.717, 1.165) is 30.8 Å². The van der Waals surface area contributed by atoms with Crippen molar-refractivity contribution in [2.45, 2.75) is 64.6 Å². The number of fused-ring (bicyclic) bond motifs is 6. The van der Waals surface area contributed by atoms with E-state index in [2.05, 4.69) is 20.4 Å². The van der Waals surface area contributed by atoms with Crippen LogP contribution in [0.15, 0.2) is 12.2 Å². The average molecular weight is 302 g/mol. The molecule has 122 valence electrons. The van der Waals surface area contributed by atoms with Gasteiger partial charge in [0.15, 0.2) is 5.79 Å². The molecule has 1 heterocycles. The molecular weight excluding hydrogens is 272 g/mol. The molecule has 1 N–H and O–H groups in total. The van der Waals surface area contributed by atoms with Gasteiger partial charge in [0.2, 0.25) is 0 Å². The summed E-state index contributed by atoms with van der Waals surface area (Å²) >= 11 is 0. The molecule has 4 saturated carbocycles. The van der Waals surface area contributed by atoms with Crippen LogP contribution in [-0.2, 0) is 4.74 Å². The van der Waals surface area contributed by atoms with Gasteiger partial charge in [-0.2, -0.15) is 0 Å². The molecule has 2 nitrogen and oxygen atoms in total. The lowest BCUT2D eigenvalue weighted by molar-refractivity contribution is -0.273. The zero-order valence-electron chi connectivity index (χ0n) is 14.1. The summed E-state index contributed by atoms with van der Waals surface area (Å²) < 4.78 is 5.99. The Morgan fingerprint density at radius 2 is 1.95 bits per heavy atom. The van der Waals surface area contributed by atoms with Gasteiger partial charge >= 0.3 is 0 Å². The van der Waals surface area contributed by atoms with E-state index in [1.807, 2.05) is 0 Å². The summed E-state index contributed by atoms with van der Waals surface area (Å²) in [5, 5.41) is 11.0. The molecular formula is C20H30O2. The van der Waals surface area contributed by atoms with Crippen LogP contribution in [0.5, 0.6) is 0 Å². The minimum Gasteiger partial charge on any atom is -0.365 e. The van der Waals surface area contributed by atoms with E-state index >= 15 is 0 Å². The number of ether oxygens (including phenoxy) is 1. The molecule has 0 aromatic heterocycles. The zero-order valence-corrected chi connectivity index (χ0v) is 14.1. The van der Waals surface area contributed by atoms with Crippen LogP contribution >= 0.6 is 0 Å². The Balaban J connectivity index is 1.57. The van der Waals surface area contributed by atoms with Gasteiger partial charge in [-0.25, -0.2) is 0 Å². The van der Waals surface area contributed by atoms with Crippen molar-refractivity contribution in [1.29, 1.82) is 0 Å². The fourth-order valence-corrected chi connectivity index (χ4v) is 7.67. The quantitative estimate of drug-likeness (QED) is 0.681. The van der Waals surface area contributed by atoms with E-state index in [-0.39, 0.29) is 5.41 Å². The molecule has 0 aromatic carbocycles. The highest BCUT2D eigenvalue weighted by Crippen LogP contribution is 2.71. The maximum absolute atomic E-state index is 11.0. The first-order valence-electron chi connectivity index (χ1n) is 9.40. The van der Waals surface area contributed by atoms with E-state index < -0.39 is 5.79 Å². The van der Waals surface area contributed by atoms with Gasteiger partial charge in [0.1, 0.15) is 0 Å². The second kappa shape index (κ2) is 4.00. The summed E-state index contributed by atoms with van der Waals surface area (Å²) in [6.45, 7) is 9.73. The van der Waals surface area contributed by atoms with Gasteiger partial charge < -0.3 is 9.84 Å². The van der Waals surface area contributed by atoms with Gasteiger partial charge in [-0.05, 0) is 73.5 Å². The topological polar surface area (TPSA) is 29.5 Å². The highest BCUT2D eigenvalue weighted by atomic mass is 16.6. The van der Waals surface area contributed by atoms with E-state index in [9.17, 15) is 5.11 Å². The van der Waals surface area contributed by atoms with Gasteiger partial charge in [-0.15, -0.1) is 0 Å². The number of aliphatic hydroxyl groups is 1. The maximum Gasteiger partial charge on any atom is 0.171 e. The largest absolute Gasteiger partial charge is 0.365 e. The van der Waals surface area contributed by atoms with Crippen molar-refractivity contribution in [3.63, 3.8) is 0 Å². The first-order valence-corrected chi connectivity index (χ1v) is 9.40. The molecule has 1 spiro atoms. The van der Waals surface area contributed by atoms with Crippen LogP contribution < -0.4 is 0 Å². The highest BCUT2D eigenvalue weighted by Gasteiger charge is 2.67. The normalized spacial score (nSPS) is 58.3. The molecule has 0 radical (unpaired) electrons. The number of hydrogen-bond donors (Lipinski definition) is 1. The van der Waals surface area contributed by atoms with Crippen molar-refractivity contribution in [1.82, 2.24) is 0 Å². The zero-order chi connectivity index (χ0) is 15.3. The third kappa shape index (κ3) is 1.45. The third-order valence-electron chi connectivity index (χ3n) is 8.86. The average Bonchev–Trinajstić information content (AvgIpc) is 2.95. The predicted octanol–water partition coefficient (Wildman–Crippen LogP) is 4.14. The van der Waals surface area contributed by atoms with Crippen LogP contribution in [0.25, 0.3) is 0 Å². The molecule has 0 aromatic rings. The molecule has 4 bridgehead atoms. The fourth-order valence-electron chi connectivity index (χ4n) is 7.67. The molecule has 0 amide bonds. The lowest BCUT2D eigenvalue weighted by Gasteiger charge is -2.60. The van der Waals surface area contributed by atoms with Gasteiger partial charge in [-0.3, -0.25) is 0 Å². The summed E-state index contributed by atoms with van der Waals surface area (Å²) in [7, 11) is 0. The Kier molecular flexibility index (Phi) is 2.56. The van der Waals surface area contributed by atoms with Crippen LogP contribution in [-0.4, -0.2) is 17.5 Å². The first kappa shape index (κ1) is 14.0. The molecule has 4 aliphatic carbocycles. The molecule has 1 saturated heterocycles. The molecule has 5 aliphatic rings. The monoisotopic (exact) mass is 302 g/mol. The van der Waals surface area contributed by atoms with Crippen LogP contribution in [0.1, 0.15) is 58.8 Å². The number of rotatable bonds is 0. The Morgan fingerprint density at radius 3 is 2.77 bits per heavy atom. The summed E-state index contributed by atoms with van der Waals surface area (Å²) in [4.78, 5) is 0. The second-order valence-corrected chi connectivity index (χ2v) is 9.79. The van der Waals surface area contributed by atoms with Gasteiger partial charge in [0, 0.05) is 11.8 Å². The smallest absolute Gasteiger partial charge is 0.171 e. The van der Waals surface area contributed by atoms with Gasteiger partial charge in [-0.1, -0.05) is 26.0 Å². The third-order valence-corrected chi connectivity index (χ3v) is 8.86. The van der Waals surface area contributed by atoms with E-state index in [1.54, 1.807) is 5.57 Å². The standard InChI is InChI=1S/C20H30O2/c1-12-8-19-7-6-15-17(16(19)5-4-13(12)9-19)14-10-20(21,22-11-14)18(15,2)3/h13-17,21H,1,4-11H2,2-3H3/t13-,14+,15-,16-,17-,19+,20+/m1/s1. The van der Waals surface area contributed by atoms with Crippen molar-refractivity contribution in [2.75, 3.05) is 6.61 Å². The molecule has 22 heavy (non-hydrogen) atoms. The maximum atomic E-state index is 11.0. The van der Waals surface area contributed by atoms with Gasteiger partial charge in [0.05, 0.1) is 6.61 Å². The lowest BCUT2D eigenvalue weighted by Crippen LogP contribution is -2.59. The Bertz CT molecular complexity index is 538. The summed E-state index contributed by atoms with van der Waals surface area (Å²) in [5.41, 5.74) is 2.02. The van der Waals surface area contributed by atoms with E-state index in [1.165, 1.54) is 38.5 Å². The Labute approximate surface area is 134 Å². The molecule has 1 aliphatic heterocycles. The van der Waals surface area contributed by atoms with E-state index in [4.69, 9.17) is 4.74 Å². The minimum absolute atomic E-state index is 0.0985. The molecule has 0 unspecified atom stereocenters. The van der Waals surface area contributed by atoms with Crippen LogP contribution in [0, 0.1) is 40.4 Å².